The van der Waals surface area contributed by atoms with Crippen LogP contribution in [0.5, 0.6) is 0 Å². The summed E-state index contributed by atoms with van der Waals surface area (Å²) in [5.41, 5.74) is 3.09. The highest BCUT2D eigenvalue weighted by molar-refractivity contribution is 7.92. The molecule has 2 heterocycles. The molecule has 0 radical (unpaired) electrons. The Hall–Kier alpha value is -2.52. The zero-order chi connectivity index (χ0) is 22.2. The lowest BCUT2D eigenvalue weighted by Gasteiger charge is -2.24. The Bertz CT molecular complexity index is 1240. The topological polar surface area (TPSA) is 90.8 Å². The largest absolute Gasteiger partial charge is 0.480 e. The minimum absolute atomic E-state index is 0. The number of rotatable bonds is 6. The Morgan fingerprint density at radius 1 is 1.06 bits per heavy atom. The van der Waals surface area contributed by atoms with E-state index in [0.29, 0.717) is 6.42 Å². The van der Waals surface area contributed by atoms with Crippen molar-refractivity contribution in [3.63, 3.8) is 0 Å². The van der Waals surface area contributed by atoms with Crippen LogP contribution in [0.3, 0.4) is 0 Å². The molecule has 0 fully saturated rings. The molecule has 0 unspecified atom stereocenters. The minimum atomic E-state index is -4.22. The van der Waals surface area contributed by atoms with E-state index in [4.69, 9.17) is 23.2 Å². The first kappa shape index (κ1) is 24.1. The molecule has 4 rings (SSSR count). The van der Waals surface area contributed by atoms with Gasteiger partial charge in [0.15, 0.2) is 0 Å². The summed E-state index contributed by atoms with van der Waals surface area (Å²) in [4.78, 5) is 17.5. The van der Waals surface area contributed by atoms with Gasteiger partial charge in [0.2, 0.25) is 0 Å². The van der Waals surface area contributed by atoms with E-state index in [-0.39, 0.29) is 33.0 Å². The third kappa shape index (κ3) is 4.78. The third-order valence-corrected chi connectivity index (χ3v) is 7.11. The van der Waals surface area contributed by atoms with Crippen LogP contribution in [0.1, 0.15) is 5.56 Å². The van der Waals surface area contributed by atoms with Crippen LogP contribution in [-0.4, -0.2) is 37.6 Å². The fraction of sp³-hybridized carbons (Fsp3) is 0.143. The maximum atomic E-state index is 13.3. The Labute approximate surface area is 201 Å². The first-order valence-electron chi connectivity index (χ1n) is 9.27. The van der Waals surface area contributed by atoms with E-state index >= 15 is 0 Å². The SMILES string of the molecule is Cl.O=C(O)CN(c1ccc2c(c1)CCN2c1ccncc1)S(=O)(=O)c1cc(Cl)cc(Cl)c1. The fourth-order valence-electron chi connectivity index (χ4n) is 3.58. The van der Waals surface area contributed by atoms with E-state index in [1.54, 1.807) is 30.6 Å². The second kappa shape index (κ2) is 9.54. The number of pyridine rings is 1. The zero-order valence-corrected chi connectivity index (χ0v) is 19.6. The quantitative estimate of drug-likeness (QED) is 0.509. The molecule has 2 aromatic carbocycles. The molecule has 168 valence electrons. The van der Waals surface area contributed by atoms with Gasteiger partial charge in [-0.05, 0) is 60.5 Å². The van der Waals surface area contributed by atoms with Crippen LogP contribution in [0.2, 0.25) is 10.0 Å². The van der Waals surface area contributed by atoms with Gasteiger partial charge >= 0.3 is 5.97 Å². The van der Waals surface area contributed by atoms with Crippen molar-refractivity contribution in [2.45, 2.75) is 11.3 Å². The van der Waals surface area contributed by atoms with E-state index in [0.717, 1.165) is 27.8 Å². The number of benzene rings is 2. The highest BCUT2D eigenvalue weighted by Crippen LogP contribution is 2.37. The van der Waals surface area contributed by atoms with Crippen LogP contribution in [0, 0.1) is 0 Å². The number of aromatic nitrogens is 1. The standard InChI is InChI=1S/C21H17Cl2N3O4S.ClH/c22-15-10-16(23)12-19(11-15)31(29,30)26(13-21(27)28)18-1-2-20-14(9-18)5-8-25(20)17-3-6-24-7-4-17;/h1-4,6-7,9-12H,5,8,13H2,(H,27,28);1H. The number of fused-ring (bicyclic) bond motifs is 1. The van der Waals surface area contributed by atoms with E-state index in [2.05, 4.69) is 9.88 Å². The van der Waals surface area contributed by atoms with Gasteiger partial charge in [-0.1, -0.05) is 23.2 Å². The molecule has 0 bridgehead atoms. The number of nitrogens with zero attached hydrogens (tertiary/aromatic N) is 3. The highest BCUT2D eigenvalue weighted by Gasteiger charge is 2.30. The third-order valence-electron chi connectivity index (χ3n) is 4.92. The Balaban J connectivity index is 0.00000289. The van der Waals surface area contributed by atoms with Crippen molar-refractivity contribution in [1.82, 2.24) is 4.98 Å². The van der Waals surface area contributed by atoms with Crippen LogP contribution >= 0.6 is 35.6 Å². The van der Waals surface area contributed by atoms with Crippen molar-refractivity contribution >= 4 is 68.7 Å². The highest BCUT2D eigenvalue weighted by atomic mass is 35.5. The first-order chi connectivity index (χ1) is 14.8. The molecule has 0 aliphatic carbocycles. The molecule has 0 atom stereocenters. The number of carboxylic acid groups (broad SMARTS) is 1. The number of aliphatic carboxylic acids is 1. The summed E-state index contributed by atoms with van der Waals surface area (Å²) >= 11 is 11.9. The van der Waals surface area contributed by atoms with Crippen molar-refractivity contribution in [3.8, 4) is 0 Å². The monoisotopic (exact) mass is 513 g/mol. The molecular weight excluding hydrogens is 497 g/mol. The van der Waals surface area contributed by atoms with Gasteiger partial charge < -0.3 is 10.0 Å². The predicted octanol–water partition coefficient (Wildman–Crippen LogP) is 4.78. The molecule has 0 saturated carbocycles. The molecule has 0 spiro atoms. The van der Waals surface area contributed by atoms with Gasteiger partial charge in [-0.3, -0.25) is 14.1 Å². The molecular formula is C21H18Cl3N3O4S. The Morgan fingerprint density at radius 2 is 1.72 bits per heavy atom. The molecule has 1 N–H and O–H groups in total. The average molecular weight is 515 g/mol. The average Bonchev–Trinajstić information content (AvgIpc) is 3.15. The van der Waals surface area contributed by atoms with Gasteiger partial charge in [0.1, 0.15) is 6.54 Å². The molecule has 11 heteroatoms. The molecule has 1 aromatic heterocycles. The lowest BCUT2D eigenvalue weighted by molar-refractivity contribution is -0.135. The van der Waals surface area contributed by atoms with Crippen molar-refractivity contribution in [2.75, 3.05) is 22.3 Å². The summed E-state index contributed by atoms with van der Waals surface area (Å²) < 4.78 is 27.4. The van der Waals surface area contributed by atoms with Gasteiger partial charge in [-0.15, -0.1) is 12.4 Å². The van der Waals surface area contributed by atoms with E-state index in [9.17, 15) is 18.3 Å². The zero-order valence-electron chi connectivity index (χ0n) is 16.5. The second-order valence-electron chi connectivity index (χ2n) is 6.93. The van der Waals surface area contributed by atoms with Gasteiger partial charge in [0.05, 0.1) is 10.6 Å². The van der Waals surface area contributed by atoms with E-state index in [1.807, 2.05) is 12.1 Å². The predicted molar refractivity (Wildman–Crippen MR) is 127 cm³/mol. The summed E-state index contributed by atoms with van der Waals surface area (Å²) in [6.45, 7) is -0.0162. The number of carboxylic acids is 1. The fourth-order valence-corrected chi connectivity index (χ4v) is 5.71. The summed E-state index contributed by atoms with van der Waals surface area (Å²) in [6.07, 6.45) is 4.10. The Morgan fingerprint density at radius 3 is 2.34 bits per heavy atom. The number of hydrogen-bond acceptors (Lipinski definition) is 5. The molecule has 0 amide bonds. The van der Waals surface area contributed by atoms with Crippen molar-refractivity contribution in [2.24, 2.45) is 0 Å². The number of sulfonamides is 1. The van der Waals surface area contributed by atoms with Crippen molar-refractivity contribution in [1.29, 1.82) is 0 Å². The summed E-state index contributed by atoms with van der Waals surface area (Å²) in [5, 5.41) is 9.66. The maximum Gasteiger partial charge on any atom is 0.324 e. The first-order valence-corrected chi connectivity index (χ1v) is 11.5. The van der Waals surface area contributed by atoms with Crippen molar-refractivity contribution in [3.05, 3.63) is 76.5 Å². The molecule has 7 nitrogen and oxygen atoms in total. The molecule has 1 aliphatic rings. The van der Waals surface area contributed by atoms with E-state index in [1.165, 1.54) is 18.2 Å². The smallest absolute Gasteiger partial charge is 0.324 e. The van der Waals surface area contributed by atoms with Crippen molar-refractivity contribution < 1.29 is 18.3 Å². The van der Waals surface area contributed by atoms with Crippen LogP contribution in [0.4, 0.5) is 17.1 Å². The lowest BCUT2D eigenvalue weighted by Crippen LogP contribution is -2.35. The van der Waals surface area contributed by atoms with E-state index < -0.39 is 22.5 Å². The summed E-state index contributed by atoms with van der Waals surface area (Å²) in [5.74, 6) is -1.28. The minimum Gasteiger partial charge on any atom is -0.480 e. The van der Waals surface area contributed by atoms with Gasteiger partial charge in [0, 0.05) is 40.4 Å². The number of halogens is 3. The van der Waals surface area contributed by atoms with Crippen LogP contribution in [0.25, 0.3) is 0 Å². The Kier molecular flexibility index (Phi) is 7.19. The normalized spacial score (nSPS) is 12.8. The molecule has 32 heavy (non-hydrogen) atoms. The van der Waals surface area contributed by atoms with Gasteiger partial charge in [-0.2, -0.15) is 0 Å². The summed E-state index contributed by atoms with van der Waals surface area (Å²) in [7, 11) is -4.22. The molecule has 3 aromatic rings. The molecule has 0 saturated heterocycles. The van der Waals surface area contributed by atoms with Gasteiger partial charge in [0.25, 0.3) is 10.0 Å². The number of anilines is 3. The number of hydrogen-bond donors (Lipinski definition) is 1. The lowest BCUT2D eigenvalue weighted by atomic mass is 10.1. The second-order valence-corrected chi connectivity index (χ2v) is 9.67. The van der Waals surface area contributed by atoms with Gasteiger partial charge in [-0.25, -0.2) is 8.42 Å². The summed E-state index contributed by atoms with van der Waals surface area (Å²) in [6, 6.07) is 12.8. The molecule has 1 aliphatic heterocycles. The van der Waals surface area contributed by atoms with Crippen LogP contribution < -0.4 is 9.21 Å². The van der Waals surface area contributed by atoms with Crippen LogP contribution in [-0.2, 0) is 21.2 Å². The van der Waals surface area contributed by atoms with Crippen LogP contribution in [0.15, 0.2) is 65.8 Å². The number of carbonyl (C=O) groups is 1. The maximum absolute atomic E-state index is 13.3.